The molecule has 0 saturated carbocycles. The normalized spacial score (nSPS) is 20.5. The SMILES string of the molecule is Cn1ccc(C(=O)N2CCO[C@@](CO)(Cc3ccccc3)C2)cc1=O. The van der Waals surface area contributed by atoms with Gasteiger partial charge in [0, 0.05) is 37.8 Å². The average molecular weight is 342 g/mol. The van der Waals surface area contributed by atoms with Crippen molar-refractivity contribution in [1.82, 2.24) is 9.47 Å². The van der Waals surface area contributed by atoms with Crippen LogP contribution in [-0.2, 0) is 18.2 Å². The van der Waals surface area contributed by atoms with Crippen LogP contribution in [0.3, 0.4) is 0 Å². The zero-order valence-corrected chi connectivity index (χ0v) is 14.2. The Balaban J connectivity index is 1.80. The van der Waals surface area contributed by atoms with Gasteiger partial charge in [-0.2, -0.15) is 0 Å². The minimum atomic E-state index is -0.824. The molecule has 0 radical (unpaired) electrons. The summed E-state index contributed by atoms with van der Waals surface area (Å²) in [5.74, 6) is -0.216. The maximum Gasteiger partial charge on any atom is 0.254 e. The summed E-state index contributed by atoms with van der Waals surface area (Å²) < 4.78 is 7.29. The number of hydrogen-bond acceptors (Lipinski definition) is 4. The molecule has 1 fully saturated rings. The van der Waals surface area contributed by atoms with E-state index < -0.39 is 5.60 Å². The first-order valence-electron chi connectivity index (χ1n) is 8.28. The predicted octanol–water partition coefficient (Wildman–Crippen LogP) is 0.831. The van der Waals surface area contributed by atoms with Crippen LogP contribution in [0.15, 0.2) is 53.5 Å². The van der Waals surface area contributed by atoms with Gasteiger partial charge in [-0.1, -0.05) is 30.3 Å². The van der Waals surface area contributed by atoms with Crippen LogP contribution in [0.5, 0.6) is 0 Å². The number of amides is 1. The van der Waals surface area contributed by atoms with Crippen LogP contribution in [0.2, 0.25) is 0 Å². The van der Waals surface area contributed by atoms with Gasteiger partial charge in [0.1, 0.15) is 5.60 Å². The topological polar surface area (TPSA) is 71.8 Å². The van der Waals surface area contributed by atoms with Gasteiger partial charge in [0.2, 0.25) is 0 Å². The van der Waals surface area contributed by atoms with E-state index in [0.29, 0.717) is 25.1 Å². The fourth-order valence-electron chi connectivity index (χ4n) is 3.11. The number of carbonyl (C=O) groups is 1. The van der Waals surface area contributed by atoms with Gasteiger partial charge in [0.05, 0.1) is 19.8 Å². The monoisotopic (exact) mass is 342 g/mol. The number of benzene rings is 1. The van der Waals surface area contributed by atoms with Gasteiger partial charge in [0.25, 0.3) is 11.5 Å². The Labute approximate surface area is 146 Å². The predicted molar refractivity (Wildman–Crippen MR) is 93.5 cm³/mol. The van der Waals surface area contributed by atoms with Crippen molar-refractivity contribution in [1.29, 1.82) is 0 Å². The number of pyridine rings is 1. The molecule has 1 saturated heterocycles. The highest BCUT2D eigenvalue weighted by Crippen LogP contribution is 2.24. The quantitative estimate of drug-likeness (QED) is 0.893. The minimum absolute atomic E-state index is 0.178. The number of ether oxygens (including phenoxy) is 1. The molecular weight excluding hydrogens is 320 g/mol. The molecule has 6 heteroatoms. The van der Waals surface area contributed by atoms with Crippen molar-refractivity contribution >= 4 is 5.91 Å². The highest BCUT2D eigenvalue weighted by molar-refractivity contribution is 5.94. The Morgan fingerprint density at radius 3 is 2.72 bits per heavy atom. The van der Waals surface area contributed by atoms with Gasteiger partial charge < -0.3 is 19.3 Å². The lowest BCUT2D eigenvalue weighted by Crippen LogP contribution is -2.56. The molecular formula is C19H22N2O4. The molecule has 1 aromatic heterocycles. The highest BCUT2D eigenvalue weighted by atomic mass is 16.5. The molecule has 1 aromatic carbocycles. The molecule has 0 bridgehead atoms. The summed E-state index contributed by atoms with van der Waals surface area (Å²) >= 11 is 0. The van der Waals surface area contributed by atoms with Crippen LogP contribution < -0.4 is 5.56 Å². The lowest BCUT2D eigenvalue weighted by atomic mass is 9.93. The third-order valence-electron chi connectivity index (χ3n) is 4.54. The van der Waals surface area contributed by atoms with E-state index in [1.807, 2.05) is 30.3 Å². The van der Waals surface area contributed by atoms with Crippen LogP contribution in [-0.4, -0.2) is 52.4 Å². The van der Waals surface area contributed by atoms with Gasteiger partial charge in [0.15, 0.2) is 0 Å². The fourth-order valence-corrected chi connectivity index (χ4v) is 3.11. The summed E-state index contributed by atoms with van der Waals surface area (Å²) in [6.45, 7) is 0.892. The van der Waals surface area contributed by atoms with Crippen molar-refractivity contribution < 1.29 is 14.6 Å². The molecule has 132 valence electrons. The van der Waals surface area contributed by atoms with E-state index in [1.54, 1.807) is 24.2 Å². The molecule has 1 N–H and O–H groups in total. The summed E-state index contributed by atoms with van der Waals surface area (Å²) in [6.07, 6.45) is 2.10. The Bertz CT molecular complexity index is 803. The highest BCUT2D eigenvalue weighted by Gasteiger charge is 2.38. The average Bonchev–Trinajstić information content (AvgIpc) is 2.64. The molecule has 25 heavy (non-hydrogen) atoms. The van der Waals surface area contributed by atoms with Gasteiger partial charge in [-0.25, -0.2) is 0 Å². The lowest BCUT2D eigenvalue weighted by Gasteiger charge is -2.42. The lowest BCUT2D eigenvalue weighted by molar-refractivity contribution is -0.123. The summed E-state index contributed by atoms with van der Waals surface area (Å²) in [7, 11) is 1.64. The van der Waals surface area contributed by atoms with Crippen LogP contribution >= 0.6 is 0 Å². The maximum absolute atomic E-state index is 12.8. The molecule has 0 unspecified atom stereocenters. The van der Waals surface area contributed by atoms with E-state index in [-0.39, 0.29) is 24.6 Å². The van der Waals surface area contributed by atoms with Crippen molar-refractivity contribution in [2.75, 3.05) is 26.3 Å². The Morgan fingerprint density at radius 2 is 2.04 bits per heavy atom. The number of carbonyl (C=O) groups excluding carboxylic acids is 1. The standard InChI is InChI=1S/C19H22N2O4/c1-20-8-7-16(11-17(20)23)18(24)21-9-10-25-19(13-21,14-22)12-15-5-3-2-4-6-15/h2-8,11,22H,9-10,12-14H2,1H3/t19-/m0/s1. The van der Waals surface area contributed by atoms with Crippen LogP contribution in [0.4, 0.5) is 0 Å². The number of aliphatic hydroxyl groups is 1. The van der Waals surface area contributed by atoms with E-state index in [9.17, 15) is 14.7 Å². The molecule has 1 amide bonds. The second-order valence-corrected chi connectivity index (χ2v) is 6.44. The number of hydrogen-bond donors (Lipinski definition) is 1. The Kier molecular flexibility index (Phi) is 5.01. The molecule has 1 aliphatic heterocycles. The molecule has 1 aliphatic rings. The van der Waals surface area contributed by atoms with Crippen molar-refractivity contribution in [2.24, 2.45) is 7.05 Å². The van der Waals surface area contributed by atoms with Gasteiger partial charge >= 0.3 is 0 Å². The third kappa shape index (κ3) is 3.81. The van der Waals surface area contributed by atoms with Crippen LogP contribution in [0.25, 0.3) is 0 Å². The second-order valence-electron chi connectivity index (χ2n) is 6.44. The van der Waals surface area contributed by atoms with E-state index in [0.717, 1.165) is 5.56 Å². The second kappa shape index (κ2) is 7.21. The molecule has 6 nitrogen and oxygen atoms in total. The largest absolute Gasteiger partial charge is 0.393 e. The first-order valence-corrected chi connectivity index (χ1v) is 8.28. The number of aryl methyl sites for hydroxylation is 1. The van der Waals surface area contributed by atoms with E-state index >= 15 is 0 Å². The number of aromatic nitrogens is 1. The fraction of sp³-hybridized carbons (Fsp3) is 0.368. The van der Waals surface area contributed by atoms with Crippen molar-refractivity contribution in [3.05, 3.63) is 70.1 Å². The molecule has 3 rings (SSSR count). The van der Waals surface area contributed by atoms with E-state index in [4.69, 9.17) is 4.74 Å². The van der Waals surface area contributed by atoms with Crippen LogP contribution in [0.1, 0.15) is 15.9 Å². The molecule has 1 atom stereocenters. The van der Waals surface area contributed by atoms with Crippen molar-refractivity contribution in [2.45, 2.75) is 12.0 Å². The first kappa shape index (κ1) is 17.4. The van der Waals surface area contributed by atoms with Gasteiger partial charge in [-0.3, -0.25) is 9.59 Å². The zero-order chi connectivity index (χ0) is 17.9. The van der Waals surface area contributed by atoms with Crippen LogP contribution in [0, 0.1) is 0 Å². The van der Waals surface area contributed by atoms with E-state index in [1.165, 1.54) is 10.6 Å². The maximum atomic E-state index is 12.8. The zero-order valence-electron chi connectivity index (χ0n) is 14.2. The van der Waals surface area contributed by atoms with Crippen molar-refractivity contribution in [3.8, 4) is 0 Å². The first-order chi connectivity index (χ1) is 12.0. The molecule has 2 aromatic rings. The molecule has 0 aliphatic carbocycles. The van der Waals surface area contributed by atoms with E-state index in [2.05, 4.69) is 0 Å². The number of aliphatic hydroxyl groups excluding tert-OH is 1. The number of morpholine rings is 1. The summed E-state index contributed by atoms with van der Waals surface area (Å²) in [6, 6.07) is 12.7. The Hall–Kier alpha value is -2.44. The summed E-state index contributed by atoms with van der Waals surface area (Å²) in [4.78, 5) is 26.2. The summed E-state index contributed by atoms with van der Waals surface area (Å²) in [5.41, 5.74) is 0.349. The number of rotatable bonds is 4. The van der Waals surface area contributed by atoms with Crippen molar-refractivity contribution in [3.63, 3.8) is 0 Å². The summed E-state index contributed by atoms with van der Waals surface area (Å²) in [5, 5.41) is 9.94. The van der Waals surface area contributed by atoms with Gasteiger partial charge in [-0.05, 0) is 11.6 Å². The van der Waals surface area contributed by atoms with Gasteiger partial charge in [-0.15, -0.1) is 0 Å². The smallest absolute Gasteiger partial charge is 0.254 e. The number of nitrogens with zero attached hydrogens (tertiary/aromatic N) is 2. The minimum Gasteiger partial charge on any atom is -0.393 e. The third-order valence-corrected chi connectivity index (χ3v) is 4.54. The molecule has 0 spiro atoms. The molecule has 2 heterocycles. The Morgan fingerprint density at radius 1 is 1.28 bits per heavy atom.